The van der Waals surface area contributed by atoms with Crippen molar-refractivity contribution in [3.63, 3.8) is 0 Å². The molecule has 0 saturated carbocycles. The number of halogens is 2. The van der Waals surface area contributed by atoms with E-state index in [4.69, 9.17) is 0 Å². The third-order valence-corrected chi connectivity index (χ3v) is 6.17. The molecular weight excluding hydrogens is 599 g/mol. The maximum atomic E-state index is 3.36. The first-order valence-corrected chi connectivity index (χ1v) is 15.6. The zero-order valence-electron chi connectivity index (χ0n) is 22.5. The Labute approximate surface area is 259 Å². The van der Waals surface area contributed by atoms with E-state index in [9.17, 15) is 0 Å². The van der Waals surface area contributed by atoms with Crippen molar-refractivity contribution in [3.8, 4) is 0 Å². The molecule has 0 fully saturated rings. The summed E-state index contributed by atoms with van der Waals surface area (Å²) in [6.07, 6.45) is 13.1. The van der Waals surface area contributed by atoms with Gasteiger partial charge in [-0.2, -0.15) is 0 Å². The summed E-state index contributed by atoms with van der Waals surface area (Å²) < 4.78 is 0. The Morgan fingerprint density at radius 3 is 1.24 bits per heavy atom. The molecule has 2 radical (unpaired) electrons. The van der Waals surface area contributed by atoms with Crippen LogP contribution in [0.15, 0.2) is 108 Å². The van der Waals surface area contributed by atoms with E-state index >= 15 is 0 Å². The van der Waals surface area contributed by atoms with Crippen molar-refractivity contribution >= 4 is 64.4 Å². The fourth-order valence-electron chi connectivity index (χ4n) is 4.55. The van der Waals surface area contributed by atoms with Crippen LogP contribution in [0.3, 0.4) is 0 Å². The van der Waals surface area contributed by atoms with Crippen molar-refractivity contribution in [1.29, 1.82) is 0 Å². The van der Waals surface area contributed by atoms with Crippen LogP contribution in [0, 0.1) is 27.0 Å². The molecule has 0 unspecified atom stereocenters. The predicted octanol–water partition coefficient (Wildman–Crippen LogP) is 10.1. The molecule has 0 heterocycles. The second kappa shape index (κ2) is 17.6. The number of benzene rings is 4. The first-order valence-electron chi connectivity index (χ1n) is 11.5. The second-order valence-corrected chi connectivity index (χ2v) is 8.47. The van der Waals surface area contributed by atoms with Crippen molar-refractivity contribution in [2.24, 2.45) is 0 Å². The fraction of sp³-hybridized carbons (Fsp3) is 0.118. The van der Waals surface area contributed by atoms with E-state index in [2.05, 4.69) is 130 Å². The third-order valence-electron chi connectivity index (χ3n) is 6.17. The number of rotatable bonds is 2. The summed E-state index contributed by atoms with van der Waals surface area (Å²) >= 11 is 1.36. The molecule has 6 rings (SSSR count). The number of hydrogen-bond acceptors (Lipinski definition) is 0. The van der Waals surface area contributed by atoms with Gasteiger partial charge in [0.05, 0.1) is 0 Å². The summed E-state index contributed by atoms with van der Waals surface area (Å²) in [6, 6.07) is 30.1. The molecule has 38 heavy (non-hydrogen) atoms. The Hall–Kier alpha value is -1.96. The molecule has 4 aromatic carbocycles. The molecular formula is C34H34Cl2SiZr-4. The summed E-state index contributed by atoms with van der Waals surface area (Å²) in [7, 11) is 0. The molecule has 2 aliphatic carbocycles. The number of allylic oxidation sites excluding steroid dienone is 8. The van der Waals surface area contributed by atoms with E-state index in [1.54, 1.807) is 0 Å². The summed E-state index contributed by atoms with van der Waals surface area (Å²) in [5.74, 6) is 0. The zero-order valence-corrected chi connectivity index (χ0v) is 27.6. The Bertz CT molecular complexity index is 1340. The van der Waals surface area contributed by atoms with Crippen LogP contribution in [0.2, 0.25) is 0 Å². The van der Waals surface area contributed by atoms with E-state index in [1.807, 2.05) is 0 Å². The molecule has 0 amide bonds. The average Bonchev–Trinajstić information content (AvgIpc) is 3.53. The Kier molecular flexibility index (Phi) is 16.7. The van der Waals surface area contributed by atoms with Crippen LogP contribution in [0.4, 0.5) is 0 Å². The van der Waals surface area contributed by atoms with E-state index in [0.717, 1.165) is 12.8 Å². The summed E-state index contributed by atoms with van der Waals surface area (Å²) in [5, 5.41) is 5.30. The van der Waals surface area contributed by atoms with Crippen LogP contribution in [0.25, 0.3) is 32.7 Å². The van der Waals surface area contributed by atoms with Crippen molar-refractivity contribution in [2.75, 3.05) is 0 Å². The van der Waals surface area contributed by atoms with Crippen LogP contribution in [-0.4, -0.2) is 6.88 Å². The van der Waals surface area contributed by atoms with Crippen LogP contribution >= 0.6 is 24.8 Å². The van der Waals surface area contributed by atoms with Gasteiger partial charge < -0.3 is 14.9 Å². The molecule has 4 aromatic rings. The molecule has 0 spiro atoms. The van der Waals surface area contributed by atoms with Gasteiger partial charge in [0.25, 0.3) is 0 Å². The molecule has 0 N–H and O–H groups in total. The van der Waals surface area contributed by atoms with Gasteiger partial charge in [0.2, 0.25) is 0 Å². The molecule has 196 valence electrons. The molecule has 4 heteroatoms. The van der Waals surface area contributed by atoms with E-state index in [1.165, 1.54) is 78.3 Å². The zero-order chi connectivity index (χ0) is 23.9. The van der Waals surface area contributed by atoms with Gasteiger partial charge in [-0.25, -0.2) is 23.3 Å². The maximum absolute atomic E-state index is 3.36. The van der Waals surface area contributed by atoms with E-state index < -0.39 is 0 Å². The van der Waals surface area contributed by atoms with Crippen molar-refractivity contribution in [3.05, 3.63) is 146 Å². The monoisotopic (exact) mass is 630 g/mol. The van der Waals surface area contributed by atoms with Gasteiger partial charge >= 0.3 is 30.2 Å². The van der Waals surface area contributed by atoms with Gasteiger partial charge in [-0.1, -0.05) is 98.8 Å². The SMILES string of the molecule is CC1=[C-]CC(c2cccc3ccccc23)=C1.CC1=[C-]CC(c2cccc3ccccc23)=C1.Cl.Cl.[CH3-].[CH3-].[Si]=[Zr]. The first kappa shape index (κ1) is 36.0. The first-order chi connectivity index (χ1) is 16.7. The predicted molar refractivity (Wildman–Crippen MR) is 171 cm³/mol. The minimum absolute atomic E-state index is 0. The molecule has 0 bridgehead atoms. The van der Waals surface area contributed by atoms with Crippen molar-refractivity contribution in [1.82, 2.24) is 0 Å². The molecule has 0 saturated heterocycles. The van der Waals surface area contributed by atoms with Gasteiger partial charge in [-0.05, 0) is 32.7 Å². The van der Waals surface area contributed by atoms with Gasteiger partial charge in [0, 0.05) is 0 Å². The van der Waals surface area contributed by atoms with Crippen molar-refractivity contribution < 1.29 is 23.3 Å². The fourth-order valence-corrected chi connectivity index (χ4v) is 4.55. The van der Waals surface area contributed by atoms with Gasteiger partial charge in [0.15, 0.2) is 0 Å². The number of hydrogen-bond donors (Lipinski definition) is 0. The summed E-state index contributed by atoms with van der Waals surface area (Å²) in [5.41, 5.74) is 7.97. The molecule has 2 aliphatic rings. The van der Waals surface area contributed by atoms with E-state index in [-0.39, 0.29) is 39.7 Å². The molecule has 0 aliphatic heterocycles. The minimum atomic E-state index is 0. The van der Waals surface area contributed by atoms with Gasteiger partial charge in [0.1, 0.15) is 0 Å². The second-order valence-electron chi connectivity index (χ2n) is 8.47. The van der Waals surface area contributed by atoms with E-state index in [0.29, 0.717) is 0 Å². The number of fused-ring (bicyclic) bond motifs is 2. The van der Waals surface area contributed by atoms with Gasteiger partial charge in [-0.3, -0.25) is 12.2 Å². The van der Waals surface area contributed by atoms with Crippen LogP contribution < -0.4 is 0 Å². The average molecular weight is 633 g/mol. The summed E-state index contributed by atoms with van der Waals surface area (Å²) in [6.45, 7) is 7.28. The van der Waals surface area contributed by atoms with Crippen molar-refractivity contribution in [2.45, 2.75) is 26.7 Å². The van der Waals surface area contributed by atoms with Crippen LogP contribution in [0.5, 0.6) is 0 Å². The molecule has 0 aromatic heterocycles. The standard InChI is InChI=1S/2C16H13.2CH3.2ClH.Si.Zr/c2*1-12-9-10-14(11-12)16-8-4-6-13-5-2-3-7-15(13)16;;;;;;/h2*2-8,11H,10H2,1H3;2*1H3;2*1H;;/q4*-1;;;;. The van der Waals surface area contributed by atoms with Gasteiger partial charge in [-0.15, -0.1) is 48.8 Å². The Morgan fingerprint density at radius 1 is 0.553 bits per heavy atom. The third kappa shape index (κ3) is 8.52. The normalized spacial score (nSPS) is 12.8. The van der Waals surface area contributed by atoms with Crippen LogP contribution in [-0.2, 0) is 23.3 Å². The summed E-state index contributed by atoms with van der Waals surface area (Å²) in [4.78, 5) is 0. The molecule has 0 atom stereocenters. The Balaban J connectivity index is 0.000000616. The van der Waals surface area contributed by atoms with Crippen LogP contribution in [0.1, 0.15) is 37.8 Å². The topological polar surface area (TPSA) is 0 Å². The molecule has 0 nitrogen and oxygen atoms in total. The Morgan fingerprint density at radius 2 is 0.895 bits per heavy atom. The quantitative estimate of drug-likeness (QED) is 0.152.